The summed E-state index contributed by atoms with van der Waals surface area (Å²) >= 11 is 0. The highest BCUT2D eigenvalue weighted by Gasteiger charge is 2.46. The fourth-order valence-electron chi connectivity index (χ4n) is 4.80. The maximum Gasteiger partial charge on any atom is 0.419 e. The predicted octanol–water partition coefficient (Wildman–Crippen LogP) is 8.20. The highest BCUT2D eigenvalue weighted by atomic mass is 35.5. The lowest BCUT2D eigenvalue weighted by atomic mass is 10.1. The SMILES string of the molecule is Cl.FC(F)(F)c1cc(C[P+](c2ccccc2)(c2ccccc2)c2ccccc2)ccc1OCc1ccccc1. The molecule has 0 amide bonds. The minimum atomic E-state index is -4.55. The summed E-state index contributed by atoms with van der Waals surface area (Å²) in [4.78, 5) is 0. The summed E-state index contributed by atoms with van der Waals surface area (Å²) in [5.74, 6) is -0.159. The van der Waals surface area contributed by atoms with Crippen molar-refractivity contribution < 1.29 is 17.9 Å². The normalized spacial score (nSPS) is 11.5. The Morgan fingerprint density at radius 1 is 0.538 bits per heavy atom. The molecule has 39 heavy (non-hydrogen) atoms. The molecule has 0 fully saturated rings. The van der Waals surface area contributed by atoms with Crippen LogP contribution < -0.4 is 20.7 Å². The molecule has 0 aliphatic rings. The minimum absolute atomic E-state index is 0. The van der Waals surface area contributed by atoms with Crippen LogP contribution in [0.4, 0.5) is 13.2 Å². The number of ether oxygens (including phenoxy) is 1. The van der Waals surface area contributed by atoms with E-state index in [0.717, 1.165) is 21.5 Å². The first-order chi connectivity index (χ1) is 18.5. The van der Waals surface area contributed by atoms with Crippen LogP contribution in [0.2, 0.25) is 0 Å². The molecule has 0 heterocycles. The smallest absolute Gasteiger partial charge is 0.419 e. The van der Waals surface area contributed by atoms with E-state index in [2.05, 4.69) is 36.4 Å². The van der Waals surface area contributed by atoms with Crippen molar-refractivity contribution in [2.45, 2.75) is 18.9 Å². The second-order valence-electron chi connectivity index (χ2n) is 9.08. The molecular formula is C33H28ClF3OP+. The minimum Gasteiger partial charge on any atom is -0.488 e. The van der Waals surface area contributed by atoms with Gasteiger partial charge in [-0.2, -0.15) is 13.2 Å². The average Bonchev–Trinajstić information content (AvgIpc) is 2.96. The molecule has 0 N–H and O–H groups in total. The quantitative estimate of drug-likeness (QED) is 0.173. The Balaban J connectivity index is 0.00000353. The van der Waals surface area contributed by atoms with Crippen LogP contribution in [0, 0.1) is 0 Å². The molecule has 1 nitrogen and oxygen atoms in total. The Labute approximate surface area is 234 Å². The first kappa shape index (κ1) is 28.4. The van der Waals surface area contributed by atoms with Crippen LogP contribution in [0.25, 0.3) is 0 Å². The van der Waals surface area contributed by atoms with Crippen LogP contribution in [0.15, 0.2) is 140 Å². The van der Waals surface area contributed by atoms with E-state index in [1.807, 2.05) is 84.9 Å². The summed E-state index contributed by atoms with van der Waals surface area (Å²) in [7, 11) is -2.33. The van der Waals surface area contributed by atoms with Gasteiger partial charge in [-0.1, -0.05) is 91.0 Å². The monoisotopic (exact) mass is 563 g/mol. The van der Waals surface area contributed by atoms with E-state index in [1.54, 1.807) is 6.07 Å². The molecule has 198 valence electrons. The second kappa shape index (κ2) is 12.5. The fourth-order valence-corrected chi connectivity index (χ4v) is 9.03. The zero-order chi connectivity index (χ0) is 26.4. The van der Waals surface area contributed by atoms with Crippen LogP contribution in [-0.2, 0) is 18.9 Å². The average molecular weight is 564 g/mol. The van der Waals surface area contributed by atoms with Gasteiger partial charge in [0, 0.05) is 0 Å². The van der Waals surface area contributed by atoms with Crippen molar-refractivity contribution in [3.05, 3.63) is 156 Å². The number of hydrogen-bond donors (Lipinski definition) is 0. The van der Waals surface area contributed by atoms with Crippen molar-refractivity contribution in [3.8, 4) is 5.75 Å². The van der Waals surface area contributed by atoms with Gasteiger partial charge in [0.15, 0.2) is 0 Å². The molecule has 0 aromatic heterocycles. The zero-order valence-electron chi connectivity index (χ0n) is 21.1. The molecule has 0 radical (unpaired) electrons. The van der Waals surface area contributed by atoms with Crippen molar-refractivity contribution in [2.24, 2.45) is 0 Å². The lowest BCUT2D eigenvalue weighted by molar-refractivity contribution is -0.139. The van der Waals surface area contributed by atoms with Crippen LogP contribution in [0.1, 0.15) is 16.7 Å². The summed E-state index contributed by atoms with van der Waals surface area (Å²) in [5.41, 5.74) is 0.680. The molecule has 0 aliphatic carbocycles. The van der Waals surface area contributed by atoms with Gasteiger partial charge in [0.2, 0.25) is 0 Å². The third-order valence-corrected chi connectivity index (χ3v) is 11.0. The van der Waals surface area contributed by atoms with Crippen LogP contribution in [-0.4, -0.2) is 0 Å². The molecule has 0 unspecified atom stereocenters. The second-order valence-corrected chi connectivity index (χ2v) is 12.6. The van der Waals surface area contributed by atoms with E-state index in [0.29, 0.717) is 11.7 Å². The molecule has 5 rings (SSSR count). The van der Waals surface area contributed by atoms with Crippen LogP contribution in [0.3, 0.4) is 0 Å². The Hall–Kier alpha value is -3.59. The van der Waals surface area contributed by atoms with Gasteiger partial charge in [-0.15, -0.1) is 12.4 Å². The fraction of sp³-hybridized carbons (Fsp3) is 0.0909. The molecule has 5 aromatic rings. The molecule has 0 atom stereocenters. The lowest BCUT2D eigenvalue weighted by Crippen LogP contribution is -2.32. The van der Waals surface area contributed by atoms with Crippen molar-refractivity contribution in [2.75, 3.05) is 0 Å². The van der Waals surface area contributed by atoms with Gasteiger partial charge in [-0.05, 0) is 59.7 Å². The highest BCUT2D eigenvalue weighted by Crippen LogP contribution is 2.58. The molecule has 6 heteroatoms. The van der Waals surface area contributed by atoms with E-state index in [4.69, 9.17) is 4.74 Å². The first-order valence-electron chi connectivity index (χ1n) is 12.4. The van der Waals surface area contributed by atoms with E-state index in [-0.39, 0.29) is 24.8 Å². The molecule has 0 saturated heterocycles. The van der Waals surface area contributed by atoms with Gasteiger partial charge in [0.05, 0.1) is 11.7 Å². The van der Waals surface area contributed by atoms with E-state index in [1.165, 1.54) is 12.1 Å². The topological polar surface area (TPSA) is 9.23 Å². The summed E-state index contributed by atoms with van der Waals surface area (Å²) < 4.78 is 48.5. The maximum absolute atomic E-state index is 14.3. The van der Waals surface area contributed by atoms with Gasteiger partial charge in [-0.3, -0.25) is 0 Å². The van der Waals surface area contributed by atoms with Gasteiger partial charge in [-0.25, -0.2) is 0 Å². The third-order valence-electron chi connectivity index (χ3n) is 6.60. The van der Waals surface area contributed by atoms with E-state index in [9.17, 15) is 13.2 Å². The standard InChI is InChI=1S/C33H27F3OP.ClH/c34-33(35,36)31-23-27(21-22-32(31)37-24-26-13-5-1-6-14-26)25-38(28-15-7-2-8-16-28,29-17-9-3-10-18-29)30-19-11-4-12-20-30;/h1-23H,24-25H2;1H/q+1;. The number of halogens is 4. The first-order valence-corrected chi connectivity index (χ1v) is 14.4. The Morgan fingerprint density at radius 2 is 0.974 bits per heavy atom. The predicted molar refractivity (Wildman–Crippen MR) is 158 cm³/mol. The van der Waals surface area contributed by atoms with Gasteiger partial charge in [0.25, 0.3) is 0 Å². The molecule has 0 saturated carbocycles. The third kappa shape index (κ3) is 6.36. The lowest BCUT2D eigenvalue weighted by Gasteiger charge is -2.28. The van der Waals surface area contributed by atoms with E-state index < -0.39 is 19.0 Å². The molecule has 0 bridgehead atoms. The molecule has 0 aliphatic heterocycles. The van der Waals surface area contributed by atoms with Crippen molar-refractivity contribution in [1.29, 1.82) is 0 Å². The summed E-state index contributed by atoms with van der Waals surface area (Å²) in [6.07, 6.45) is -4.09. The maximum atomic E-state index is 14.3. The van der Waals surface area contributed by atoms with Crippen molar-refractivity contribution >= 4 is 35.6 Å². The molecule has 5 aromatic carbocycles. The van der Waals surface area contributed by atoms with E-state index >= 15 is 0 Å². The Kier molecular flexibility index (Phi) is 9.12. The largest absolute Gasteiger partial charge is 0.488 e. The number of benzene rings is 5. The zero-order valence-corrected chi connectivity index (χ0v) is 22.8. The summed E-state index contributed by atoms with van der Waals surface area (Å²) in [6.45, 7) is 0.0677. The number of rotatable bonds is 8. The van der Waals surface area contributed by atoms with Gasteiger partial charge < -0.3 is 4.74 Å². The Bertz CT molecular complexity index is 1360. The number of alkyl halides is 3. The highest BCUT2D eigenvalue weighted by molar-refractivity contribution is 7.95. The van der Waals surface area contributed by atoms with Gasteiger partial charge in [0.1, 0.15) is 35.5 Å². The van der Waals surface area contributed by atoms with Crippen molar-refractivity contribution in [3.63, 3.8) is 0 Å². The summed E-state index contributed by atoms with van der Waals surface area (Å²) in [6, 6.07) is 44.2. The van der Waals surface area contributed by atoms with Crippen LogP contribution >= 0.6 is 19.7 Å². The molecule has 0 spiro atoms. The molecular weight excluding hydrogens is 536 g/mol. The van der Waals surface area contributed by atoms with Crippen molar-refractivity contribution in [1.82, 2.24) is 0 Å². The summed E-state index contributed by atoms with van der Waals surface area (Å²) in [5, 5.41) is 3.36. The van der Waals surface area contributed by atoms with Crippen LogP contribution in [0.5, 0.6) is 5.75 Å². The number of hydrogen-bond acceptors (Lipinski definition) is 1. The Morgan fingerprint density at radius 3 is 1.41 bits per heavy atom. The van der Waals surface area contributed by atoms with Gasteiger partial charge >= 0.3 is 6.18 Å².